The summed E-state index contributed by atoms with van der Waals surface area (Å²) >= 11 is 0. The van der Waals surface area contributed by atoms with Gasteiger partial charge >= 0.3 is 12.1 Å². The molecule has 0 radical (unpaired) electrons. The van der Waals surface area contributed by atoms with Crippen LogP contribution in [-0.4, -0.2) is 62.0 Å². The van der Waals surface area contributed by atoms with Crippen molar-refractivity contribution in [3.05, 3.63) is 53.1 Å². The molecule has 1 aromatic carbocycles. The molecule has 1 aliphatic rings. The van der Waals surface area contributed by atoms with Gasteiger partial charge in [-0.25, -0.2) is 9.18 Å². The van der Waals surface area contributed by atoms with Crippen molar-refractivity contribution in [3.8, 4) is 11.3 Å². The van der Waals surface area contributed by atoms with Gasteiger partial charge < -0.3 is 10.4 Å². The Labute approximate surface area is 191 Å². The lowest BCUT2D eigenvalue weighted by Gasteiger charge is -2.16. The highest BCUT2D eigenvalue weighted by Gasteiger charge is 2.38. The molecule has 1 amide bonds. The molecule has 13 heteroatoms. The summed E-state index contributed by atoms with van der Waals surface area (Å²) in [5, 5.41) is 23.7. The number of hydrogen-bond donors (Lipinski definition) is 4. The molecule has 1 fully saturated rings. The second kappa shape index (κ2) is 10.0. The van der Waals surface area contributed by atoms with E-state index in [0.29, 0.717) is 22.8 Å². The second-order valence-corrected chi connectivity index (χ2v) is 7.75. The van der Waals surface area contributed by atoms with E-state index in [4.69, 9.17) is 9.90 Å². The van der Waals surface area contributed by atoms with Crippen LogP contribution >= 0.6 is 0 Å². The molecule has 1 aliphatic heterocycles. The number of halogens is 4. The third-order valence-electron chi connectivity index (χ3n) is 5.18. The Bertz CT molecular complexity index is 1170. The lowest BCUT2D eigenvalue weighted by molar-refractivity contribution is -0.192. The number of benzene rings is 1. The van der Waals surface area contributed by atoms with Gasteiger partial charge in [0.05, 0.1) is 17.4 Å². The number of aromatic nitrogens is 4. The second-order valence-electron chi connectivity index (χ2n) is 7.75. The first-order valence-corrected chi connectivity index (χ1v) is 10.1. The van der Waals surface area contributed by atoms with Crippen LogP contribution in [0.15, 0.2) is 30.3 Å². The molecular formula is C21H22F4N6O3. The molecule has 182 valence electrons. The minimum absolute atomic E-state index is 0.264. The molecule has 0 aliphatic carbocycles. The number of amides is 1. The number of H-pyrrole nitrogens is 2. The Hall–Kier alpha value is -3.74. The zero-order valence-electron chi connectivity index (χ0n) is 18.2. The average molecular weight is 482 g/mol. The molecule has 4 rings (SSSR count). The van der Waals surface area contributed by atoms with E-state index in [2.05, 4.69) is 37.7 Å². The maximum atomic E-state index is 14.0. The zero-order valence-corrected chi connectivity index (χ0v) is 18.2. The predicted molar refractivity (Wildman–Crippen MR) is 114 cm³/mol. The molecule has 4 N–H and O–H groups in total. The topological polar surface area (TPSA) is 127 Å². The van der Waals surface area contributed by atoms with E-state index in [9.17, 15) is 22.4 Å². The minimum atomic E-state index is -5.08. The van der Waals surface area contributed by atoms with Crippen molar-refractivity contribution in [1.82, 2.24) is 25.3 Å². The van der Waals surface area contributed by atoms with Gasteiger partial charge in [0.2, 0.25) is 0 Å². The first kappa shape index (κ1) is 24.9. The van der Waals surface area contributed by atoms with Crippen molar-refractivity contribution in [2.45, 2.75) is 32.0 Å². The molecule has 0 saturated carbocycles. The summed E-state index contributed by atoms with van der Waals surface area (Å²) in [5.41, 5.74) is 3.09. The van der Waals surface area contributed by atoms with Crippen LogP contribution in [0.3, 0.4) is 0 Å². The summed E-state index contributed by atoms with van der Waals surface area (Å²) in [5.74, 6) is -3.15. The van der Waals surface area contributed by atoms with Crippen LogP contribution in [0.2, 0.25) is 0 Å². The maximum absolute atomic E-state index is 14.0. The van der Waals surface area contributed by atoms with Crippen molar-refractivity contribution < 1.29 is 32.3 Å². The quantitative estimate of drug-likeness (QED) is 0.418. The van der Waals surface area contributed by atoms with Crippen molar-refractivity contribution in [3.63, 3.8) is 0 Å². The Morgan fingerprint density at radius 1 is 1.18 bits per heavy atom. The summed E-state index contributed by atoms with van der Waals surface area (Å²) in [6, 6.07) is 8.49. The average Bonchev–Trinajstić information content (AvgIpc) is 3.50. The van der Waals surface area contributed by atoms with Crippen molar-refractivity contribution in [2.75, 3.05) is 18.9 Å². The highest BCUT2D eigenvalue weighted by molar-refractivity contribution is 6.02. The van der Waals surface area contributed by atoms with E-state index in [1.807, 2.05) is 6.92 Å². The van der Waals surface area contributed by atoms with Crippen LogP contribution in [-0.2, 0) is 4.79 Å². The SMILES string of the molecule is Cc1ccc(F)c(-c2cc(NC(=O)c3cc(C4CCCN4C)[nH]n3)n[nH]2)c1.O=C(O)C(F)(F)F. The molecule has 34 heavy (non-hydrogen) atoms. The van der Waals surface area contributed by atoms with Crippen LogP contribution < -0.4 is 5.32 Å². The van der Waals surface area contributed by atoms with Gasteiger partial charge in [0.1, 0.15) is 5.82 Å². The van der Waals surface area contributed by atoms with Crippen molar-refractivity contribution >= 4 is 17.7 Å². The number of carboxylic acid groups (broad SMARTS) is 1. The Balaban J connectivity index is 0.000000406. The van der Waals surface area contributed by atoms with Gasteiger partial charge in [-0.3, -0.25) is 19.9 Å². The van der Waals surface area contributed by atoms with Gasteiger partial charge in [-0.1, -0.05) is 11.6 Å². The maximum Gasteiger partial charge on any atom is 0.490 e. The third-order valence-corrected chi connectivity index (χ3v) is 5.18. The fourth-order valence-electron chi connectivity index (χ4n) is 3.48. The van der Waals surface area contributed by atoms with Gasteiger partial charge in [0.15, 0.2) is 11.5 Å². The van der Waals surface area contributed by atoms with E-state index >= 15 is 0 Å². The van der Waals surface area contributed by atoms with E-state index < -0.39 is 12.1 Å². The third kappa shape index (κ3) is 5.98. The molecule has 1 unspecified atom stereocenters. The number of aryl methyl sites for hydroxylation is 1. The number of hydrogen-bond acceptors (Lipinski definition) is 5. The van der Waals surface area contributed by atoms with E-state index in [1.165, 1.54) is 6.07 Å². The molecule has 9 nitrogen and oxygen atoms in total. The van der Waals surface area contributed by atoms with E-state index in [0.717, 1.165) is 30.6 Å². The number of carbonyl (C=O) groups is 2. The number of nitrogens with one attached hydrogen (secondary N) is 3. The molecule has 1 atom stereocenters. The summed E-state index contributed by atoms with van der Waals surface area (Å²) in [6.45, 7) is 2.93. The molecule has 3 aromatic rings. The molecule has 0 spiro atoms. The van der Waals surface area contributed by atoms with Gasteiger partial charge in [0, 0.05) is 11.6 Å². The van der Waals surface area contributed by atoms with Gasteiger partial charge in [-0.15, -0.1) is 0 Å². The molecular weight excluding hydrogens is 460 g/mol. The van der Waals surface area contributed by atoms with Crippen LogP contribution in [0.5, 0.6) is 0 Å². The molecule has 0 bridgehead atoms. The van der Waals surface area contributed by atoms with Crippen LogP contribution in [0.4, 0.5) is 23.4 Å². The summed E-state index contributed by atoms with van der Waals surface area (Å²) < 4.78 is 45.8. The fourth-order valence-corrected chi connectivity index (χ4v) is 3.48. The van der Waals surface area contributed by atoms with Gasteiger partial charge in [-0.05, 0) is 51.6 Å². The number of rotatable bonds is 4. The number of alkyl halides is 3. The largest absolute Gasteiger partial charge is 0.490 e. The molecule has 1 saturated heterocycles. The fraction of sp³-hybridized carbons (Fsp3) is 0.333. The van der Waals surface area contributed by atoms with E-state index in [1.54, 1.807) is 24.3 Å². The summed E-state index contributed by atoms with van der Waals surface area (Å²) in [7, 11) is 2.06. The summed E-state index contributed by atoms with van der Waals surface area (Å²) in [6.07, 6.45) is -2.90. The molecule has 2 aromatic heterocycles. The van der Waals surface area contributed by atoms with Gasteiger partial charge in [0.25, 0.3) is 5.91 Å². The monoisotopic (exact) mass is 482 g/mol. The number of carboxylic acids is 1. The Morgan fingerprint density at radius 2 is 1.88 bits per heavy atom. The van der Waals surface area contributed by atoms with Gasteiger partial charge in [-0.2, -0.15) is 23.4 Å². The van der Waals surface area contributed by atoms with E-state index in [-0.39, 0.29) is 17.8 Å². The Morgan fingerprint density at radius 3 is 2.50 bits per heavy atom. The number of aromatic amines is 2. The predicted octanol–water partition coefficient (Wildman–Crippen LogP) is 3.90. The number of carbonyl (C=O) groups excluding carboxylic acids is 1. The number of anilines is 1. The number of likely N-dealkylation sites (tertiary alicyclic amines) is 1. The highest BCUT2D eigenvalue weighted by Crippen LogP contribution is 2.29. The lowest BCUT2D eigenvalue weighted by Crippen LogP contribution is -2.21. The summed E-state index contributed by atoms with van der Waals surface area (Å²) in [4.78, 5) is 23.6. The highest BCUT2D eigenvalue weighted by atomic mass is 19.4. The minimum Gasteiger partial charge on any atom is -0.475 e. The standard InChI is InChI=1S/C19H21FN6O.C2HF3O2/c1-11-5-6-13(20)12(8-11)14-10-18(25-22-14)21-19(27)16-9-15(23-24-16)17-4-3-7-26(17)2;3-2(4,5)1(6)7/h5-6,8-10,17H,3-4,7H2,1-2H3,(H,23,24)(H2,21,22,25,27);(H,6,7). The van der Waals surface area contributed by atoms with Crippen LogP contribution in [0, 0.1) is 12.7 Å². The number of aliphatic carboxylic acids is 1. The van der Waals surface area contributed by atoms with Crippen molar-refractivity contribution in [1.29, 1.82) is 0 Å². The van der Waals surface area contributed by atoms with Crippen LogP contribution in [0.25, 0.3) is 11.3 Å². The first-order valence-electron chi connectivity index (χ1n) is 10.1. The number of nitrogens with zero attached hydrogens (tertiary/aromatic N) is 3. The van der Waals surface area contributed by atoms with Crippen molar-refractivity contribution in [2.24, 2.45) is 0 Å². The molecule has 3 heterocycles. The van der Waals surface area contributed by atoms with Crippen LogP contribution in [0.1, 0.15) is 40.6 Å². The lowest BCUT2D eigenvalue weighted by atomic mass is 10.1. The zero-order chi connectivity index (χ0) is 25.0. The Kier molecular flexibility index (Phi) is 7.35. The normalized spacial score (nSPS) is 16.1. The smallest absolute Gasteiger partial charge is 0.475 e. The first-order chi connectivity index (χ1) is 16.0.